The Labute approximate surface area is 113 Å². The number of piperidine rings is 1. The average molecular weight is 261 g/mol. The van der Waals surface area contributed by atoms with Crippen molar-refractivity contribution in [3.8, 4) is 0 Å². The number of hydrazone groups is 1. The molecule has 0 N–H and O–H groups in total. The van der Waals surface area contributed by atoms with Gasteiger partial charge in [-0.05, 0) is 50.8 Å². The third-order valence-electron chi connectivity index (χ3n) is 3.59. The van der Waals surface area contributed by atoms with Crippen molar-refractivity contribution in [1.82, 2.24) is 5.01 Å². The summed E-state index contributed by atoms with van der Waals surface area (Å²) in [6.07, 6.45) is 5.37. The van der Waals surface area contributed by atoms with E-state index in [1.54, 1.807) is 18.3 Å². The van der Waals surface area contributed by atoms with Gasteiger partial charge < -0.3 is 0 Å². The molecule has 2 rings (SSSR count). The van der Waals surface area contributed by atoms with E-state index in [1.807, 2.05) is 0 Å². The van der Waals surface area contributed by atoms with E-state index < -0.39 is 4.92 Å². The number of benzene rings is 1. The van der Waals surface area contributed by atoms with Crippen LogP contribution in [0.25, 0.3) is 0 Å². The molecule has 5 heteroatoms. The van der Waals surface area contributed by atoms with Crippen molar-refractivity contribution in [3.63, 3.8) is 0 Å². The molecule has 0 aromatic heterocycles. The number of nitro benzene ring substituents is 1. The maximum atomic E-state index is 10.6. The minimum absolute atomic E-state index is 0.108. The number of rotatable bonds is 3. The van der Waals surface area contributed by atoms with Crippen LogP contribution >= 0.6 is 0 Å². The highest BCUT2D eigenvalue weighted by Gasteiger charge is 2.22. The predicted octanol–water partition coefficient (Wildman–Crippen LogP) is 3.19. The molecule has 1 heterocycles. The van der Waals surface area contributed by atoms with Gasteiger partial charge in [0.25, 0.3) is 5.69 Å². The first kappa shape index (κ1) is 13.5. The molecule has 19 heavy (non-hydrogen) atoms. The van der Waals surface area contributed by atoms with Gasteiger partial charge in [-0.15, -0.1) is 0 Å². The molecule has 2 unspecified atom stereocenters. The normalized spacial score (nSPS) is 23.8. The fourth-order valence-corrected chi connectivity index (χ4v) is 2.45. The molecule has 2 atom stereocenters. The van der Waals surface area contributed by atoms with Gasteiger partial charge >= 0.3 is 0 Å². The molecule has 1 aromatic carbocycles. The molecule has 0 bridgehead atoms. The van der Waals surface area contributed by atoms with E-state index in [1.165, 1.54) is 31.4 Å². The first-order valence-corrected chi connectivity index (χ1v) is 6.64. The molecule has 0 amide bonds. The van der Waals surface area contributed by atoms with E-state index in [4.69, 9.17) is 0 Å². The maximum absolute atomic E-state index is 10.6. The molecular weight excluding hydrogens is 242 g/mol. The zero-order valence-electron chi connectivity index (χ0n) is 11.3. The van der Waals surface area contributed by atoms with E-state index in [0.717, 1.165) is 5.56 Å². The molecule has 1 saturated heterocycles. The summed E-state index contributed by atoms with van der Waals surface area (Å²) in [4.78, 5) is 10.2. The van der Waals surface area contributed by atoms with Gasteiger partial charge in [-0.2, -0.15) is 5.10 Å². The minimum atomic E-state index is -0.393. The van der Waals surface area contributed by atoms with E-state index >= 15 is 0 Å². The van der Waals surface area contributed by atoms with Gasteiger partial charge in [0.2, 0.25) is 0 Å². The summed E-state index contributed by atoms with van der Waals surface area (Å²) in [5.41, 5.74) is 0.993. The van der Waals surface area contributed by atoms with E-state index in [0.29, 0.717) is 12.1 Å². The van der Waals surface area contributed by atoms with Gasteiger partial charge in [-0.3, -0.25) is 15.1 Å². The molecule has 0 saturated carbocycles. The van der Waals surface area contributed by atoms with Crippen molar-refractivity contribution < 1.29 is 4.92 Å². The fraction of sp³-hybridized carbons (Fsp3) is 0.500. The Balaban J connectivity index is 2.07. The van der Waals surface area contributed by atoms with Crippen LogP contribution in [0.2, 0.25) is 0 Å². The first-order valence-electron chi connectivity index (χ1n) is 6.64. The Hall–Kier alpha value is -1.91. The van der Waals surface area contributed by atoms with Gasteiger partial charge in [0.1, 0.15) is 0 Å². The molecule has 0 spiro atoms. The summed E-state index contributed by atoms with van der Waals surface area (Å²) in [7, 11) is 0. The molecule has 5 nitrogen and oxygen atoms in total. The van der Waals surface area contributed by atoms with Crippen molar-refractivity contribution >= 4 is 11.9 Å². The van der Waals surface area contributed by atoms with Crippen LogP contribution in [0.4, 0.5) is 5.69 Å². The van der Waals surface area contributed by atoms with Gasteiger partial charge in [0.05, 0.1) is 11.1 Å². The van der Waals surface area contributed by atoms with Gasteiger partial charge in [0.15, 0.2) is 0 Å². The van der Waals surface area contributed by atoms with E-state index in [2.05, 4.69) is 24.0 Å². The summed E-state index contributed by atoms with van der Waals surface area (Å²) in [6.45, 7) is 4.37. The van der Waals surface area contributed by atoms with Crippen molar-refractivity contribution in [2.45, 2.75) is 45.2 Å². The lowest BCUT2D eigenvalue weighted by molar-refractivity contribution is -0.384. The predicted molar refractivity (Wildman–Crippen MR) is 75.3 cm³/mol. The molecule has 1 aromatic rings. The summed E-state index contributed by atoms with van der Waals surface area (Å²) < 4.78 is 0. The number of hydrogen-bond acceptors (Lipinski definition) is 4. The Kier molecular flexibility index (Phi) is 4.14. The van der Waals surface area contributed by atoms with Crippen LogP contribution in [0.1, 0.15) is 38.7 Å². The maximum Gasteiger partial charge on any atom is 0.269 e. The highest BCUT2D eigenvalue weighted by atomic mass is 16.6. The average Bonchev–Trinajstić information content (AvgIpc) is 2.38. The lowest BCUT2D eigenvalue weighted by Gasteiger charge is -2.36. The quantitative estimate of drug-likeness (QED) is 0.477. The fourth-order valence-electron chi connectivity index (χ4n) is 2.45. The van der Waals surface area contributed by atoms with Crippen LogP contribution in [0.5, 0.6) is 0 Å². The van der Waals surface area contributed by atoms with Crippen LogP contribution in [0.15, 0.2) is 29.4 Å². The lowest BCUT2D eigenvalue weighted by atomic mass is 10.00. The topological polar surface area (TPSA) is 58.7 Å². The van der Waals surface area contributed by atoms with E-state index in [9.17, 15) is 10.1 Å². The van der Waals surface area contributed by atoms with Gasteiger partial charge in [-0.25, -0.2) is 0 Å². The largest absolute Gasteiger partial charge is 0.292 e. The zero-order chi connectivity index (χ0) is 13.8. The number of non-ortho nitro benzene ring substituents is 1. The molecule has 0 aliphatic carbocycles. The second-order valence-electron chi connectivity index (χ2n) is 5.10. The number of nitro groups is 1. The smallest absolute Gasteiger partial charge is 0.269 e. The standard InChI is InChI=1S/C14H19N3O2/c1-11-4-3-5-12(2)16(11)15-10-13-6-8-14(9-7-13)17(18)19/h6-12H,3-5H2,1-2H3/b15-10+. The third kappa shape index (κ3) is 3.30. The Bertz CT molecular complexity index is 460. The molecule has 102 valence electrons. The second kappa shape index (κ2) is 5.82. The highest BCUT2D eigenvalue weighted by molar-refractivity contribution is 5.79. The van der Waals surface area contributed by atoms with Gasteiger partial charge in [-0.1, -0.05) is 0 Å². The molecular formula is C14H19N3O2. The number of hydrogen-bond donors (Lipinski definition) is 0. The lowest BCUT2D eigenvalue weighted by Crippen LogP contribution is -2.39. The van der Waals surface area contributed by atoms with Crippen LogP contribution in [-0.2, 0) is 0 Å². The van der Waals surface area contributed by atoms with Crippen molar-refractivity contribution in [3.05, 3.63) is 39.9 Å². The Morgan fingerprint density at radius 2 is 1.84 bits per heavy atom. The van der Waals surface area contributed by atoms with Crippen LogP contribution in [0.3, 0.4) is 0 Å². The van der Waals surface area contributed by atoms with Crippen molar-refractivity contribution in [1.29, 1.82) is 0 Å². The first-order chi connectivity index (χ1) is 9.08. The number of nitrogens with zero attached hydrogens (tertiary/aromatic N) is 3. The Morgan fingerprint density at radius 3 is 2.37 bits per heavy atom. The van der Waals surface area contributed by atoms with Crippen molar-refractivity contribution in [2.75, 3.05) is 0 Å². The zero-order valence-corrected chi connectivity index (χ0v) is 11.3. The van der Waals surface area contributed by atoms with Crippen LogP contribution in [-0.4, -0.2) is 28.2 Å². The molecule has 1 aliphatic rings. The van der Waals surface area contributed by atoms with Crippen LogP contribution < -0.4 is 0 Å². The molecule has 0 radical (unpaired) electrons. The third-order valence-corrected chi connectivity index (χ3v) is 3.59. The van der Waals surface area contributed by atoms with E-state index in [-0.39, 0.29) is 5.69 Å². The summed E-state index contributed by atoms with van der Waals surface area (Å²) in [5.74, 6) is 0. The minimum Gasteiger partial charge on any atom is -0.292 e. The van der Waals surface area contributed by atoms with Gasteiger partial charge in [0, 0.05) is 24.2 Å². The summed E-state index contributed by atoms with van der Waals surface area (Å²) >= 11 is 0. The Morgan fingerprint density at radius 1 is 1.26 bits per heavy atom. The molecule has 1 fully saturated rings. The van der Waals surface area contributed by atoms with Crippen LogP contribution in [0, 0.1) is 10.1 Å². The SMILES string of the molecule is CC1CCCC(C)N1/N=C/c1ccc([N+](=O)[O-])cc1. The summed E-state index contributed by atoms with van der Waals surface area (Å²) in [6, 6.07) is 7.37. The summed E-state index contributed by atoms with van der Waals surface area (Å²) in [5, 5.41) is 17.2. The van der Waals surface area contributed by atoms with Crippen molar-refractivity contribution in [2.24, 2.45) is 5.10 Å². The second-order valence-corrected chi connectivity index (χ2v) is 5.10. The monoisotopic (exact) mass is 261 g/mol. The highest BCUT2D eigenvalue weighted by Crippen LogP contribution is 2.22. The molecule has 1 aliphatic heterocycles.